The van der Waals surface area contributed by atoms with Crippen LogP contribution in [0, 0.1) is 12.7 Å². The molecule has 0 saturated heterocycles. The average Bonchev–Trinajstić information content (AvgIpc) is 2.12. The average molecular weight is 181 g/mol. The monoisotopic (exact) mass is 181 g/mol. The minimum atomic E-state index is -0.529. The van der Waals surface area contributed by atoms with Crippen LogP contribution in [0.4, 0.5) is 4.39 Å². The van der Waals surface area contributed by atoms with E-state index in [0.717, 1.165) is 0 Å². The van der Waals surface area contributed by atoms with Crippen LogP contribution in [-0.2, 0) is 11.3 Å². The smallest absolute Gasteiger partial charge is 0.235 e. The number of aryl methyl sites for hydroxylation is 1. The highest BCUT2D eigenvalue weighted by molar-refractivity contribution is 5.39. The highest BCUT2D eigenvalue weighted by Gasteiger charge is 2.09. The molecule has 0 aliphatic rings. The van der Waals surface area contributed by atoms with Crippen molar-refractivity contribution in [3.63, 3.8) is 0 Å². The van der Waals surface area contributed by atoms with Crippen molar-refractivity contribution in [2.24, 2.45) is 4.99 Å². The molecule has 0 aliphatic carbocycles. The fourth-order valence-electron chi connectivity index (χ4n) is 0.990. The van der Waals surface area contributed by atoms with Crippen LogP contribution in [-0.4, -0.2) is 11.2 Å². The molecule has 0 spiro atoms. The van der Waals surface area contributed by atoms with E-state index in [1.807, 2.05) is 0 Å². The van der Waals surface area contributed by atoms with Gasteiger partial charge in [-0.1, -0.05) is 6.07 Å². The molecule has 3 nitrogen and oxygen atoms in total. The minimum Gasteiger partial charge on any atom is -0.507 e. The fraction of sp³-hybridized carbons (Fsp3) is 0.222. The van der Waals surface area contributed by atoms with Crippen molar-refractivity contribution in [2.45, 2.75) is 13.5 Å². The van der Waals surface area contributed by atoms with Crippen molar-refractivity contribution in [2.75, 3.05) is 0 Å². The molecule has 0 fully saturated rings. The summed E-state index contributed by atoms with van der Waals surface area (Å²) in [6, 6.07) is 2.83. The van der Waals surface area contributed by atoms with Gasteiger partial charge >= 0.3 is 0 Å². The first kappa shape index (κ1) is 9.42. The lowest BCUT2D eigenvalue weighted by atomic mass is 10.1. The van der Waals surface area contributed by atoms with E-state index in [1.165, 1.54) is 18.2 Å². The first-order valence-electron chi connectivity index (χ1n) is 3.67. The lowest BCUT2D eigenvalue weighted by Gasteiger charge is -2.04. The molecule has 4 heteroatoms. The number of carbonyl (C=O) groups excluding carboxylic acids is 1. The van der Waals surface area contributed by atoms with Gasteiger partial charge < -0.3 is 5.11 Å². The zero-order valence-electron chi connectivity index (χ0n) is 7.04. The van der Waals surface area contributed by atoms with Crippen LogP contribution in [0.5, 0.6) is 5.75 Å². The zero-order chi connectivity index (χ0) is 9.84. The van der Waals surface area contributed by atoms with Gasteiger partial charge in [-0.2, -0.15) is 0 Å². The maximum absolute atomic E-state index is 13.2. The summed E-state index contributed by atoms with van der Waals surface area (Å²) in [6.45, 7) is 1.39. The van der Waals surface area contributed by atoms with Gasteiger partial charge in [0.1, 0.15) is 11.6 Å². The second kappa shape index (κ2) is 3.83. The van der Waals surface area contributed by atoms with Gasteiger partial charge in [-0.25, -0.2) is 14.2 Å². The Hall–Kier alpha value is -1.67. The lowest BCUT2D eigenvalue weighted by Crippen LogP contribution is -1.92. The van der Waals surface area contributed by atoms with Gasteiger partial charge in [0.2, 0.25) is 6.08 Å². The largest absolute Gasteiger partial charge is 0.507 e. The Kier molecular flexibility index (Phi) is 2.77. The molecule has 0 unspecified atom stereocenters. The van der Waals surface area contributed by atoms with E-state index >= 15 is 0 Å². The van der Waals surface area contributed by atoms with E-state index in [-0.39, 0.29) is 17.9 Å². The molecule has 0 atom stereocenters. The summed E-state index contributed by atoms with van der Waals surface area (Å²) in [7, 11) is 0. The van der Waals surface area contributed by atoms with Crippen LogP contribution in [0.15, 0.2) is 17.1 Å². The quantitative estimate of drug-likeness (QED) is 0.557. The predicted octanol–water partition coefficient (Wildman–Crippen LogP) is 1.68. The van der Waals surface area contributed by atoms with Crippen LogP contribution in [0.1, 0.15) is 11.1 Å². The number of nitrogens with zero attached hydrogens (tertiary/aromatic N) is 1. The van der Waals surface area contributed by atoms with Gasteiger partial charge in [0.05, 0.1) is 12.1 Å². The molecule has 0 saturated carbocycles. The van der Waals surface area contributed by atoms with Gasteiger partial charge in [0.15, 0.2) is 0 Å². The number of phenols is 1. The van der Waals surface area contributed by atoms with E-state index in [0.29, 0.717) is 5.56 Å². The Labute approximate surface area is 74.5 Å². The number of phenolic OH excluding ortho intramolecular Hbond substituents is 1. The summed E-state index contributed by atoms with van der Waals surface area (Å²) in [4.78, 5) is 13.0. The fourth-order valence-corrected chi connectivity index (χ4v) is 0.990. The number of rotatable bonds is 2. The van der Waals surface area contributed by atoms with Crippen LogP contribution in [0.2, 0.25) is 0 Å². The molecule has 13 heavy (non-hydrogen) atoms. The molecule has 0 bridgehead atoms. The molecule has 0 heterocycles. The zero-order valence-corrected chi connectivity index (χ0v) is 7.04. The van der Waals surface area contributed by atoms with Gasteiger partial charge in [-0.15, -0.1) is 0 Å². The van der Waals surface area contributed by atoms with Crippen LogP contribution >= 0.6 is 0 Å². The third kappa shape index (κ3) is 1.92. The number of halogens is 1. The number of hydrogen-bond acceptors (Lipinski definition) is 3. The molecule has 1 aromatic rings. The molecular weight excluding hydrogens is 173 g/mol. The molecule has 0 aliphatic heterocycles. The molecule has 68 valence electrons. The van der Waals surface area contributed by atoms with E-state index < -0.39 is 5.82 Å². The van der Waals surface area contributed by atoms with Crippen molar-refractivity contribution in [1.29, 1.82) is 0 Å². The highest BCUT2D eigenvalue weighted by atomic mass is 19.1. The summed E-state index contributed by atoms with van der Waals surface area (Å²) in [6.07, 6.45) is 1.29. The van der Waals surface area contributed by atoms with Gasteiger partial charge in [-0.3, -0.25) is 0 Å². The topological polar surface area (TPSA) is 49.7 Å². The third-order valence-electron chi connectivity index (χ3n) is 1.71. The number of hydrogen-bond donors (Lipinski definition) is 1. The Balaban J connectivity index is 3.16. The SMILES string of the molecule is Cc1ccc(O)c(CN=C=O)c1F. The molecule has 0 aromatic heterocycles. The molecule has 0 radical (unpaired) electrons. The van der Waals surface area contributed by atoms with Gasteiger partial charge in [-0.05, 0) is 18.6 Å². The number of aromatic hydroxyl groups is 1. The van der Waals surface area contributed by atoms with E-state index in [1.54, 1.807) is 6.92 Å². The standard InChI is InChI=1S/C9H8FNO2/c1-6-2-3-8(13)7(9(6)10)4-11-5-12/h2-3,13H,4H2,1H3. The second-order valence-electron chi connectivity index (χ2n) is 2.60. The Morgan fingerprint density at radius 1 is 1.62 bits per heavy atom. The van der Waals surface area contributed by atoms with Crippen LogP contribution in [0.25, 0.3) is 0 Å². The van der Waals surface area contributed by atoms with Crippen molar-refractivity contribution < 1.29 is 14.3 Å². The van der Waals surface area contributed by atoms with Crippen LogP contribution in [0.3, 0.4) is 0 Å². The van der Waals surface area contributed by atoms with Gasteiger partial charge in [0.25, 0.3) is 0 Å². The normalized spacial score (nSPS) is 9.38. The number of isocyanates is 1. The highest BCUT2D eigenvalue weighted by Crippen LogP contribution is 2.23. The summed E-state index contributed by atoms with van der Waals surface area (Å²) >= 11 is 0. The minimum absolute atomic E-state index is 0.0309. The molecule has 1 aromatic carbocycles. The van der Waals surface area contributed by atoms with Crippen molar-refractivity contribution in [3.05, 3.63) is 29.1 Å². The summed E-state index contributed by atoms with van der Waals surface area (Å²) in [5.74, 6) is -0.721. The van der Waals surface area contributed by atoms with Crippen LogP contribution < -0.4 is 0 Å². The molecular formula is C9H8FNO2. The summed E-state index contributed by atoms with van der Waals surface area (Å²) in [5.41, 5.74) is 0.442. The van der Waals surface area contributed by atoms with Crippen molar-refractivity contribution in [1.82, 2.24) is 0 Å². The van der Waals surface area contributed by atoms with E-state index in [4.69, 9.17) is 0 Å². The molecule has 1 N–H and O–H groups in total. The van der Waals surface area contributed by atoms with Crippen molar-refractivity contribution >= 4 is 6.08 Å². The Bertz CT molecular complexity index is 370. The Morgan fingerprint density at radius 3 is 2.92 bits per heavy atom. The summed E-state index contributed by atoms with van der Waals surface area (Å²) < 4.78 is 13.2. The van der Waals surface area contributed by atoms with E-state index in [2.05, 4.69) is 4.99 Å². The first-order chi connectivity index (χ1) is 6.16. The second-order valence-corrected chi connectivity index (χ2v) is 2.60. The third-order valence-corrected chi connectivity index (χ3v) is 1.71. The first-order valence-corrected chi connectivity index (χ1v) is 3.67. The maximum atomic E-state index is 13.2. The maximum Gasteiger partial charge on any atom is 0.235 e. The molecule has 1 rings (SSSR count). The Morgan fingerprint density at radius 2 is 2.31 bits per heavy atom. The van der Waals surface area contributed by atoms with Crippen molar-refractivity contribution in [3.8, 4) is 5.75 Å². The van der Waals surface area contributed by atoms with E-state index in [9.17, 15) is 14.3 Å². The molecule has 0 amide bonds. The predicted molar refractivity (Wildman–Crippen MR) is 44.6 cm³/mol. The number of benzene rings is 1. The number of aliphatic imine (C=N–C) groups is 1. The lowest BCUT2D eigenvalue weighted by molar-refractivity contribution is 0.458. The van der Waals surface area contributed by atoms with Gasteiger partial charge in [0, 0.05) is 0 Å². The summed E-state index contributed by atoms with van der Waals surface area (Å²) in [5, 5.41) is 9.21.